The Bertz CT molecular complexity index is 536. The van der Waals surface area contributed by atoms with Crippen molar-refractivity contribution in [3.05, 3.63) is 5.69 Å². The largest absolute Gasteiger partial charge is 0.381 e. The molecule has 1 aliphatic heterocycles. The summed E-state index contributed by atoms with van der Waals surface area (Å²) < 4.78 is 8.54. The van der Waals surface area contributed by atoms with E-state index in [1.807, 2.05) is 11.7 Å². The Labute approximate surface area is 117 Å². The van der Waals surface area contributed by atoms with Gasteiger partial charge in [-0.15, -0.1) is 0 Å². The molecule has 0 bridgehead atoms. The summed E-state index contributed by atoms with van der Waals surface area (Å²) in [6.45, 7) is 6.98. The van der Waals surface area contributed by atoms with Crippen LogP contribution in [-0.2, 0) is 11.8 Å². The molecule has 0 radical (unpaired) electrons. The van der Waals surface area contributed by atoms with Crippen molar-refractivity contribution >= 4 is 26.8 Å². The molecule has 2 aromatic rings. The van der Waals surface area contributed by atoms with Gasteiger partial charge < -0.3 is 9.64 Å². The first-order chi connectivity index (χ1) is 9.20. The number of fused-ring (bicyclic) bond motifs is 1. The molecule has 0 unspecified atom stereocenters. The predicted molar refractivity (Wildman–Crippen MR) is 78.0 cm³/mol. The molecule has 1 fully saturated rings. The first kappa shape index (κ1) is 12.9. The number of hydrogen-bond acceptors (Lipinski definition) is 5. The van der Waals surface area contributed by atoms with Gasteiger partial charge in [0.1, 0.15) is 0 Å². The molecule has 0 aliphatic carbocycles. The molecular formula is C13H20N4OS. The van der Waals surface area contributed by atoms with Crippen LogP contribution in [0.25, 0.3) is 10.3 Å². The van der Waals surface area contributed by atoms with Gasteiger partial charge in [0.2, 0.25) is 0 Å². The topological polar surface area (TPSA) is 43.2 Å². The first-order valence-corrected chi connectivity index (χ1v) is 7.67. The van der Waals surface area contributed by atoms with Crippen molar-refractivity contribution in [2.24, 2.45) is 7.05 Å². The van der Waals surface area contributed by atoms with Crippen molar-refractivity contribution < 1.29 is 4.74 Å². The summed E-state index contributed by atoms with van der Waals surface area (Å²) in [6, 6.07) is 0.563. The lowest BCUT2D eigenvalue weighted by atomic mass is 10.1. The SMILES string of the molecule is CCN(c1nc2c(s1)c(C)nn2C)C1CCOCC1. The molecule has 6 heteroatoms. The van der Waals surface area contributed by atoms with Crippen LogP contribution in [0.5, 0.6) is 0 Å². The third-order valence-corrected chi connectivity index (χ3v) is 4.94. The fraction of sp³-hybridized carbons (Fsp3) is 0.692. The van der Waals surface area contributed by atoms with Crippen LogP contribution in [0.15, 0.2) is 0 Å². The molecule has 19 heavy (non-hydrogen) atoms. The summed E-state index contributed by atoms with van der Waals surface area (Å²) in [7, 11) is 1.96. The molecular weight excluding hydrogens is 260 g/mol. The molecule has 0 spiro atoms. The molecule has 0 saturated carbocycles. The summed E-state index contributed by atoms with van der Waals surface area (Å²) in [6.07, 6.45) is 2.20. The maximum absolute atomic E-state index is 5.45. The first-order valence-electron chi connectivity index (χ1n) is 6.85. The monoisotopic (exact) mass is 280 g/mol. The predicted octanol–water partition coefficient (Wildman–Crippen LogP) is 2.34. The third-order valence-electron chi connectivity index (χ3n) is 3.75. The second-order valence-corrected chi connectivity index (χ2v) is 5.97. The second-order valence-electron chi connectivity index (χ2n) is 4.99. The summed E-state index contributed by atoms with van der Waals surface area (Å²) in [5, 5.41) is 5.54. The molecule has 0 N–H and O–H groups in total. The lowest BCUT2D eigenvalue weighted by Crippen LogP contribution is -2.39. The van der Waals surface area contributed by atoms with Crippen molar-refractivity contribution in [2.45, 2.75) is 32.7 Å². The lowest BCUT2D eigenvalue weighted by molar-refractivity contribution is 0.0846. The van der Waals surface area contributed by atoms with E-state index in [1.165, 1.54) is 4.70 Å². The number of anilines is 1. The summed E-state index contributed by atoms with van der Waals surface area (Å²) >= 11 is 1.76. The number of nitrogens with zero attached hydrogens (tertiary/aromatic N) is 4. The van der Waals surface area contributed by atoms with Crippen LogP contribution in [0.4, 0.5) is 5.13 Å². The number of aromatic nitrogens is 3. The van der Waals surface area contributed by atoms with E-state index in [0.29, 0.717) is 6.04 Å². The number of thiazole rings is 1. The maximum atomic E-state index is 5.45. The highest BCUT2D eigenvalue weighted by molar-refractivity contribution is 7.22. The molecule has 1 saturated heterocycles. The third kappa shape index (κ3) is 2.23. The second kappa shape index (κ2) is 5.09. The zero-order valence-corrected chi connectivity index (χ0v) is 12.5. The number of aryl methyl sites for hydroxylation is 2. The Morgan fingerprint density at radius 3 is 2.79 bits per heavy atom. The van der Waals surface area contributed by atoms with E-state index in [0.717, 1.165) is 49.1 Å². The van der Waals surface area contributed by atoms with Gasteiger partial charge in [-0.25, -0.2) is 9.67 Å². The zero-order chi connectivity index (χ0) is 13.4. The highest BCUT2D eigenvalue weighted by Crippen LogP contribution is 2.33. The molecule has 3 heterocycles. The van der Waals surface area contributed by atoms with Gasteiger partial charge in [0.15, 0.2) is 10.8 Å². The molecule has 0 aromatic carbocycles. The van der Waals surface area contributed by atoms with E-state index < -0.39 is 0 Å². The van der Waals surface area contributed by atoms with Crippen LogP contribution in [-0.4, -0.2) is 40.6 Å². The average molecular weight is 280 g/mol. The van der Waals surface area contributed by atoms with E-state index in [4.69, 9.17) is 9.72 Å². The molecule has 104 valence electrons. The van der Waals surface area contributed by atoms with Crippen molar-refractivity contribution in [1.82, 2.24) is 14.8 Å². The van der Waals surface area contributed by atoms with Gasteiger partial charge in [-0.05, 0) is 26.7 Å². The molecule has 3 rings (SSSR count). The fourth-order valence-corrected chi connectivity index (χ4v) is 3.91. The van der Waals surface area contributed by atoms with Gasteiger partial charge in [-0.2, -0.15) is 5.10 Å². The summed E-state index contributed by atoms with van der Waals surface area (Å²) in [5.41, 5.74) is 2.08. The number of hydrogen-bond donors (Lipinski definition) is 0. The number of ether oxygens (including phenoxy) is 1. The zero-order valence-electron chi connectivity index (χ0n) is 11.7. The highest BCUT2D eigenvalue weighted by Gasteiger charge is 2.24. The summed E-state index contributed by atoms with van der Waals surface area (Å²) in [5.74, 6) is 0. The van der Waals surface area contributed by atoms with Gasteiger partial charge in [0.05, 0.1) is 10.4 Å². The summed E-state index contributed by atoms with van der Waals surface area (Å²) in [4.78, 5) is 7.21. The highest BCUT2D eigenvalue weighted by atomic mass is 32.1. The van der Waals surface area contributed by atoms with E-state index >= 15 is 0 Å². The quantitative estimate of drug-likeness (QED) is 0.865. The van der Waals surface area contributed by atoms with E-state index in [9.17, 15) is 0 Å². The van der Waals surface area contributed by atoms with Gasteiger partial charge in [-0.1, -0.05) is 11.3 Å². The van der Waals surface area contributed by atoms with Crippen LogP contribution in [0, 0.1) is 6.92 Å². The normalized spacial score (nSPS) is 17.2. The van der Waals surface area contributed by atoms with Crippen molar-refractivity contribution in [3.63, 3.8) is 0 Å². The van der Waals surface area contributed by atoms with E-state index in [1.54, 1.807) is 11.3 Å². The van der Waals surface area contributed by atoms with Gasteiger partial charge in [0.25, 0.3) is 0 Å². The van der Waals surface area contributed by atoms with Crippen LogP contribution in [0.3, 0.4) is 0 Å². The Hall–Kier alpha value is -1.14. The van der Waals surface area contributed by atoms with E-state index in [2.05, 4.69) is 23.8 Å². The average Bonchev–Trinajstić information content (AvgIpc) is 2.95. The van der Waals surface area contributed by atoms with Gasteiger partial charge in [0, 0.05) is 32.8 Å². The molecule has 5 nitrogen and oxygen atoms in total. The Balaban J connectivity index is 1.94. The fourth-order valence-electron chi connectivity index (χ4n) is 2.74. The minimum absolute atomic E-state index is 0.563. The van der Waals surface area contributed by atoms with Crippen LogP contribution < -0.4 is 4.90 Å². The number of rotatable bonds is 3. The van der Waals surface area contributed by atoms with Gasteiger partial charge >= 0.3 is 0 Å². The minimum Gasteiger partial charge on any atom is -0.381 e. The molecule has 2 aromatic heterocycles. The van der Waals surface area contributed by atoms with Crippen molar-refractivity contribution in [1.29, 1.82) is 0 Å². The smallest absolute Gasteiger partial charge is 0.188 e. The molecule has 0 atom stereocenters. The lowest BCUT2D eigenvalue weighted by Gasteiger charge is -2.33. The van der Waals surface area contributed by atoms with Crippen LogP contribution in [0.2, 0.25) is 0 Å². The van der Waals surface area contributed by atoms with Crippen molar-refractivity contribution in [3.8, 4) is 0 Å². The van der Waals surface area contributed by atoms with Crippen molar-refractivity contribution in [2.75, 3.05) is 24.7 Å². The Kier molecular flexibility index (Phi) is 3.45. The molecule has 0 amide bonds. The van der Waals surface area contributed by atoms with Gasteiger partial charge in [-0.3, -0.25) is 0 Å². The minimum atomic E-state index is 0.563. The standard InChI is InChI=1S/C13H20N4OS/c1-4-17(10-5-7-18-8-6-10)13-14-12-11(19-13)9(2)15-16(12)3/h10H,4-8H2,1-3H3. The Morgan fingerprint density at radius 1 is 1.42 bits per heavy atom. The Morgan fingerprint density at radius 2 is 2.16 bits per heavy atom. The van der Waals surface area contributed by atoms with Crippen LogP contribution >= 0.6 is 11.3 Å². The van der Waals surface area contributed by atoms with Crippen LogP contribution in [0.1, 0.15) is 25.5 Å². The molecule has 1 aliphatic rings. The maximum Gasteiger partial charge on any atom is 0.188 e. The van der Waals surface area contributed by atoms with E-state index in [-0.39, 0.29) is 0 Å².